The minimum absolute atomic E-state index is 0.151. The molecule has 52 heavy (non-hydrogen) atoms. The summed E-state index contributed by atoms with van der Waals surface area (Å²) in [6.07, 6.45) is 2.88. The molecule has 0 atom stereocenters. The Balaban J connectivity index is 1.85. The lowest BCUT2D eigenvalue weighted by Gasteiger charge is -2.28. The number of nitrogens with one attached hydrogen (secondary N) is 1. The Morgan fingerprint density at radius 2 is 1.21 bits per heavy atom. The summed E-state index contributed by atoms with van der Waals surface area (Å²) in [4.78, 5) is 73.3. The molecule has 0 saturated heterocycles. The highest BCUT2D eigenvalue weighted by atomic mass is 32.2. The second kappa shape index (κ2) is 20.5. The molecule has 0 spiro atoms. The topological polar surface area (TPSA) is 285 Å². The predicted octanol–water partition coefficient (Wildman–Crippen LogP) is -5.89. The van der Waals surface area contributed by atoms with Gasteiger partial charge in [-0.2, -0.15) is 5.26 Å². The van der Waals surface area contributed by atoms with Crippen LogP contribution < -0.4 is 30.8 Å². The number of carbonyl (C=O) groups excluding carboxylic acids is 5. The Hall–Kier alpha value is -6.12. The van der Waals surface area contributed by atoms with Gasteiger partial charge in [-0.1, -0.05) is 18.1 Å². The molecule has 1 aromatic carbocycles. The summed E-state index contributed by atoms with van der Waals surface area (Å²) in [5.41, 5.74) is 1.85. The van der Waals surface area contributed by atoms with E-state index in [9.17, 15) is 49.5 Å². The van der Waals surface area contributed by atoms with Crippen molar-refractivity contribution in [1.82, 2.24) is 29.7 Å². The van der Waals surface area contributed by atoms with E-state index in [1.54, 1.807) is 0 Å². The Morgan fingerprint density at radius 3 is 1.73 bits per heavy atom. The Labute approximate surface area is 301 Å². The van der Waals surface area contributed by atoms with Gasteiger partial charge in [-0.05, 0) is 47.5 Å². The molecule has 2 aromatic heterocycles. The van der Waals surface area contributed by atoms with Crippen LogP contribution in [0.1, 0.15) is 28.2 Å². The molecule has 19 heteroatoms. The molecule has 1 N–H and O–H groups in total. The fourth-order valence-electron chi connectivity index (χ4n) is 4.67. The quantitative estimate of drug-likeness (QED) is 0.0607. The van der Waals surface area contributed by atoms with Gasteiger partial charge in [-0.15, -0.1) is 0 Å². The highest BCUT2D eigenvalue weighted by Gasteiger charge is 2.15. The first kappa shape index (κ1) is 40.3. The number of aliphatic carboxylic acids is 5. The van der Waals surface area contributed by atoms with Gasteiger partial charge in [0.25, 0.3) is 0 Å². The molecular formula is C33H29N8O10S-5. The van der Waals surface area contributed by atoms with E-state index < -0.39 is 62.6 Å². The van der Waals surface area contributed by atoms with E-state index in [4.69, 9.17) is 5.26 Å². The number of benzene rings is 1. The zero-order chi connectivity index (χ0) is 38.0. The van der Waals surface area contributed by atoms with Crippen molar-refractivity contribution in [3.8, 4) is 17.2 Å². The van der Waals surface area contributed by atoms with Crippen LogP contribution in [0.25, 0.3) is 0 Å². The van der Waals surface area contributed by atoms with Crippen LogP contribution in [0.4, 0.5) is 5.82 Å². The lowest BCUT2D eigenvalue weighted by atomic mass is 10.1. The molecule has 18 nitrogen and oxygen atoms in total. The van der Waals surface area contributed by atoms with Crippen LogP contribution in [0, 0.1) is 22.5 Å². The van der Waals surface area contributed by atoms with E-state index in [1.807, 2.05) is 29.7 Å². The van der Waals surface area contributed by atoms with Crippen LogP contribution in [-0.4, -0.2) is 105 Å². The van der Waals surface area contributed by atoms with Crippen LogP contribution in [0.3, 0.4) is 0 Å². The molecule has 3 aromatic rings. The summed E-state index contributed by atoms with van der Waals surface area (Å²) >= 11 is 1.05. The van der Waals surface area contributed by atoms with Crippen LogP contribution >= 0.6 is 11.8 Å². The molecule has 2 heterocycles. The number of carbonyl (C=O) groups is 5. The van der Waals surface area contributed by atoms with E-state index in [0.717, 1.165) is 32.0 Å². The first-order valence-electron chi connectivity index (χ1n) is 15.2. The first-order valence-corrected chi connectivity index (χ1v) is 16.0. The summed E-state index contributed by atoms with van der Waals surface area (Å²) < 4.78 is 0. The van der Waals surface area contributed by atoms with Crippen molar-refractivity contribution in [3.05, 3.63) is 77.0 Å². The van der Waals surface area contributed by atoms with Crippen molar-refractivity contribution in [2.24, 2.45) is 0 Å². The van der Waals surface area contributed by atoms with E-state index in [0.29, 0.717) is 17.9 Å². The van der Waals surface area contributed by atoms with Gasteiger partial charge in [0.15, 0.2) is 0 Å². The van der Waals surface area contributed by atoms with Gasteiger partial charge >= 0.3 is 0 Å². The van der Waals surface area contributed by atoms with Crippen molar-refractivity contribution >= 4 is 47.4 Å². The number of anilines is 1. The molecule has 0 saturated carbocycles. The highest BCUT2D eigenvalue weighted by Crippen LogP contribution is 2.17. The maximum Gasteiger partial charge on any atom is 0.144 e. The Kier molecular flexibility index (Phi) is 15.9. The molecule has 0 aliphatic carbocycles. The maximum atomic E-state index is 11.5. The molecule has 0 aliphatic rings. The van der Waals surface area contributed by atoms with E-state index in [-0.39, 0.29) is 43.3 Å². The second-order valence-corrected chi connectivity index (χ2v) is 11.9. The van der Waals surface area contributed by atoms with E-state index in [2.05, 4.69) is 32.1 Å². The molecule has 0 fully saturated rings. The van der Waals surface area contributed by atoms with Crippen molar-refractivity contribution in [1.29, 1.82) is 5.26 Å². The van der Waals surface area contributed by atoms with Crippen LogP contribution in [-0.2, 0) is 43.6 Å². The number of hydrogen-bond acceptors (Lipinski definition) is 19. The lowest BCUT2D eigenvalue weighted by Crippen LogP contribution is -2.48. The van der Waals surface area contributed by atoms with Gasteiger partial charge in [-0.25, -0.2) is 9.97 Å². The van der Waals surface area contributed by atoms with E-state index >= 15 is 0 Å². The van der Waals surface area contributed by atoms with Crippen LogP contribution in [0.15, 0.2) is 53.7 Å². The number of nitriles is 1. The standard InChI is InChI=1S/C33H34N8O10S/c34-21-52-27-5-2-22(3-6-27)11-36-28-13-35-24(12-37-28)4-1-23-9-25(38-26(10-23)15-41(19-32(48)49)20-33(50)51)14-39(16-29(42)43)7-8-40(17-30(44)45)18-31(46)47/h2-3,5-6,9-10,12-13H,7-8,11,14-20H2,(H,36,37)(H,42,43)(H,44,45)(H,46,47)(H,48,49)(H,50,51)/p-5. The van der Waals surface area contributed by atoms with Crippen LogP contribution in [0.5, 0.6) is 0 Å². The summed E-state index contributed by atoms with van der Waals surface area (Å²) in [6, 6.07) is 10.3. The summed E-state index contributed by atoms with van der Waals surface area (Å²) in [7, 11) is 0. The average Bonchev–Trinajstić information content (AvgIpc) is 3.05. The fourth-order valence-corrected chi connectivity index (χ4v) is 5.05. The predicted molar refractivity (Wildman–Crippen MR) is 170 cm³/mol. The third kappa shape index (κ3) is 15.6. The second-order valence-electron chi connectivity index (χ2n) is 11.0. The normalized spacial score (nSPS) is 10.7. The lowest BCUT2D eigenvalue weighted by molar-refractivity contribution is -0.313. The zero-order valence-corrected chi connectivity index (χ0v) is 28.1. The summed E-state index contributed by atoms with van der Waals surface area (Å²) in [6.45, 7) is -4.19. The number of rotatable bonds is 21. The number of thioether (sulfide) groups is 1. The Bertz CT molecular complexity index is 1810. The van der Waals surface area contributed by atoms with Gasteiger partial charge in [-0.3, -0.25) is 19.7 Å². The molecule has 0 amide bonds. The number of aromatic nitrogens is 3. The maximum absolute atomic E-state index is 11.5. The SMILES string of the molecule is N#CSc1ccc(CNc2cnc(C#Cc3cc(CN(CCN(CC(=O)[O-])CC(=O)[O-])CC(=O)[O-])nc(CN(CC(=O)[O-])CC(=O)[O-])c3)cn2)cc1. The van der Waals surface area contributed by atoms with Gasteiger partial charge in [0.2, 0.25) is 0 Å². The highest BCUT2D eigenvalue weighted by molar-refractivity contribution is 8.03. The molecule has 3 rings (SSSR count). The third-order valence-corrected chi connectivity index (χ3v) is 7.35. The van der Waals surface area contributed by atoms with Crippen molar-refractivity contribution in [2.75, 3.05) is 51.1 Å². The third-order valence-electron chi connectivity index (χ3n) is 6.75. The minimum Gasteiger partial charge on any atom is -0.549 e. The monoisotopic (exact) mass is 729 g/mol. The largest absolute Gasteiger partial charge is 0.549 e. The number of carboxylic acids is 5. The van der Waals surface area contributed by atoms with Gasteiger partial charge in [0.05, 0.1) is 53.6 Å². The van der Waals surface area contributed by atoms with Gasteiger partial charge in [0.1, 0.15) is 16.9 Å². The number of carboxylic acid groups (broad SMARTS) is 5. The van der Waals surface area contributed by atoms with Gasteiger partial charge in [0, 0.05) is 75.9 Å². The first-order chi connectivity index (χ1) is 24.8. The fraction of sp³-hybridized carbons (Fsp3) is 0.303. The molecular weight excluding hydrogens is 700 g/mol. The summed E-state index contributed by atoms with van der Waals surface area (Å²) in [5, 5.41) is 70.1. The van der Waals surface area contributed by atoms with Crippen molar-refractivity contribution in [2.45, 2.75) is 24.5 Å². The molecule has 0 radical (unpaired) electrons. The molecule has 0 unspecified atom stereocenters. The smallest absolute Gasteiger partial charge is 0.144 e. The minimum atomic E-state index is -1.56. The number of nitrogens with zero attached hydrogens (tertiary/aromatic N) is 7. The number of hydrogen-bond donors (Lipinski definition) is 1. The average molecular weight is 730 g/mol. The number of pyridine rings is 1. The van der Waals surface area contributed by atoms with Crippen LogP contribution in [0.2, 0.25) is 0 Å². The zero-order valence-electron chi connectivity index (χ0n) is 27.3. The summed E-state index contributed by atoms with van der Waals surface area (Å²) in [5.74, 6) is -1.55. The van der Waals surface area contributed by atoms with Crippen molar-refractivity contribution in [3.63, 3.8) is 0 Å². The molecule has 272 valence electrons. The Morgan fingerprint density at radius 1 is 0.692 bits per heavy atom. The molecule has 0 bridgehead atoms. The van der Waals surface area contributed by atoms with Gasteiger partial charge < -0.3 is 54.8 Å². The molecule has 0 aliphatic heterocycles. The van der Waals surface area contributed by atoms with E-state index in [1.165, 1.54) is 29.4 Å². The van der Waals surface area contributed by atoms with Crippen molar-refractivity contribution < 1.29 is 49.5 Å². The number of thiocyanates is 1.